The fraction of sp³-hybridized carbons (Fsp3) is 0.500. The van der Waals surface area contributed by atoms with E-state index in [4.69, 9.17) is 14.2 Å². The van der Waals surface area contributed by atoms with Crippen LogP contribution in [-0.2, 0) is 28.6 Å². The Bertz CT molecular complexity index is 1180. The summed E-state index contributed by atoms with van der Waals surface area (Å²) in [7, 11) is 5.45. The third kappa shape index (κ3) is 30.1. The van der Waals surface area contributed by atoms with Crippen LogP contribution in [0.25, 0.3) is 0 Å². The Labute approximate surface area is 302 Å². The number of rotatable bonds is 29. The van der Waals surface area contributed by atoms with Crippen LogP contribution in [0.15, 0.2) is 109 Å². The van der Waals surface area contributed by atoms with E-state index >= 15 is 0 Å². The van der Waals surface area contributed by atoms with Crippen molar-refractivity contribution in [2.45, 2.75) is 96.6 Å². The van der Waals surface area contributed by atoms with Crippen LogP contribution in [-0.4, -0.2) is 80.6 Å². The summed E-state index contributed by atoms with van der Waals surface area (Å²) >= 11 is 0. The molecule has 0 fully saturated rings. The van der Waals surface area contributed by atoms with Gasteiger partial charge in [-0.3, -0.25) is 9.59 Å². The molecular weight excluding hydrogens is 630 g/mol. The number of carboxylic acid groups (broad SMARTS) is 1. The zero-order valence-corrected chi connectivity index (χ0v) is 31.3. The van der Waals surface area contributed by atoms with Gasteiger partial charge in [-0.1, -0.05) is 130 Å². The third-order valence-corrected chi connectivity index (χ3v) is 7.11. The van der Waals surface area contributed by atoms with Crippen molar-refractivity contribution in [3.8, 4) is 0 Å². The number of ether oxygens (including phenoxy) is 3. The molecule has 0 aromatic rings. The molecule has 0 rings (SSSR count). The van der Waals surface area contributed by atoms with Gasteiger partial charge in [0.05, 0.1) is 40.8 Å². The van der Waals surface area contributed by atoms with Gasteiger partial charge in [0, 0.05) is 12.8 Å². The van der Waals surface area contributed by atoms with E-state index in [2.05, 4.69) is 44.2 Å². The lowest BCUT2D eigenvalue weighted by atomic mass is 10.1. The SMILES string of the molecule is CC/C=C/C=C/C=C/C=C/C=C/C=C/CCCCCC(=O)OCC(COCCC(C(=O)O)[N+](C)(C)C)OC(=O)C/C=C/C/C=C/C/C=C/CC. The molecule has 0 amide bonds. The lowest BCUT2D eigenvalue weighted by Gasteiger charge is -2.31. The molecule has 0 bridgehead atoms. The van der Waals surface area contributed by atoms with E-state index in [-0.39, 0.29) is 43.1 Å². The van der Waals surface area contributed by atoms with Crippen molar-refractivity contribution < 1.29 is 38.2 Å². The van der Waals surface area contributed by atoms with Crippen LogP contribution < -0.4 is 0 Å². The highest BCUT2D eigenvalue weighted by molar-refractivity contribution is 5.72. The smallest absolute Gasteiger partial charge is 0.362 e. The average molecular weight is 695 g/mol. The number of carbonyl (C=O) groups is 3. The van der Waals surface area contributed by atoms with Gasteiger partial charge in [-0.25, -0.2) is 4.79 Å². The van der Waals surface area contributed by atoms with Crippen LogP contribution in [0, 0.1) is 0 Å². The Balaban J connectivity index is 4.62. The van der Waals surface area contributed by atoms with Gasteiger partial charge in [-0.15, -0.1) is 0 Å². The van der Waals surface area contributed by atoms with Crippen LogP contribution in [0.1, 0.15) is 84.5 Å². The highest BCUT2D eigenvalue weighted by Gasteiger charge is 2.31. The van der Waals surface area contributed by atoms with E-state index in [1.54, 1.807) is 6.08 Å². The van der Waals surface area contributed by atoms with Gasteiger partial charge in [0.25, 0.3) is 0 Å². The highest BCUT2D eigenvalue weighted by Crippen LogP contribution is 2.10. The molecule has 0 aliphatic heterocycles. The number of hydrogen-bond acceptors (Lipinski definition) is 6. The number of hydrogen-bond donors (Lipinski definition) is 1. The minimum absolute atomic E-state index is 0.00178. The van der Waals surface area contributed by atoms with Gasteiger partial charge in [0.15, 0.2) is 12.1 Å². The first-order valence-corrected chi connectivity index (χ1v) is 18.0. The van der Waals surface area contributed by atoms with E-state index < -0.39 is 24.1 Å². The second-order valence-corrected chi connectivity index (χ2v) is 12.5. The van der Waals surface area contributed by atoms with E-state index in [1.807, 2.05) is 94.1 Å². The van der Waals surface area contributed by atoms with Crippen LogP contribution >= 0.6 is 0 Å². The van der Waals surface area contributed by atoms with Crippen LogP contribution in [0.4, 0.5) is 0 Å². The summed E-state index contributed by atoms with van der Waals surface area (Å²) in [6, 6.07) is -0.640. The molecule has 0 aliphatic rings. The number of allylic oxidation sites excluding steroid dienone is 17. The van der Waals surface area contributed by atoms with Gasteiger partial charge < -0.3 is 23.8 Å². The van der Waals surface area contributed by atoms with E-state index in [0.29, 0.717) is 19.3 Å². The minimum atomic E-state index is -0.902. The molecule has 1 N–H and O–H groups in total. The summed E-state index contributed by atoms with van der Waals surface area (Å²) in [6.07, 6.45) is 43.2. The molecule has 0 radical (unpaired) electrons. The number of likely N-dealkylation sites (N-methyl/N-ethyl adjacent to an activating group) is 1. The summed E-state index contributed by atoms with van der Waals surface area (Å²) in [5, 5.41) is 9.56. The van der Waals surface area contributed by atoms with Crippen molar-refractivity contribution in [1.82, 2.24) is 0 Å². The summed E-state index contributed by atoms with van der Waals surface area (Å²) in [5.41, 5.74) is 0. The van der Waals surface area contributed by atoms with Gasteiger partial charge in [-0.2, -0.15) is 0 Å². The average Bonchev–Trinajstić information content (AvgIpc) is 3.06. The molecule has 0 aromatic heterocycles. The maximum absolute atomic E-state index is 12.5. The van der Waals surface area contributed by atoms with Crippen LogP contribution in [0.2, 0.25) is 0 Å². The lowest BCUT2D eigenvalue weighted by Crippen LogP contribution is -2.50. The largest absolute Gasteiger partial charge is 0.477 e. The Morgan fingerprint density at radius 2 is 1.20 bits per heavy atom. The molecule has 50 heavy (non-hydrogen) atoms. The minimum Gasteiger partial charge on any atom is -0.477 e. The number of unbranched alkanes of at least 4 members (excludes halogenated alkanes) is 3. The number of nitrogens with zero attached hydrogens (tertiary/aromatic N) is 1. The number of carbonyl (C=O) groups excluding carboxylic acids is 2. The molecule has 0 saturated carbocycles. The van der Waals surface area contributed by atoms with Crippen molar-refractivity contribution >= 4 is 17.9 Å². The molecule has 0 saturated heterocycles. The van der Waals surface area contributed by atoms with Crippen molar-refractivity contribution in [3.63, 3.8) is 0 Å². The molecule has 2 unspecified atom stereocenters. The van der Waals surface area contributed by atoms with Gasteiger partial charge >= 0.3 is 17.9 Å². The molecule has 2 atom stereocenters. The van der Waals surface area contributed by atoms with Crippen molar-refractivity contribution in [2.75, 3.05) is 41.0 Å². The third-order valence-electron chi connectivity index (χ3n) is 7.11. The van der Waals surface area contributed by atoms with Crippen LogP contribution in [0.3, 0.4) is 0 Å². The van der Waals surface area contributed by atoms with Crippen molar-refractivity contribution in [2.24, 2.45) is 0 Å². The summed E-state index contributed by atoms with van der Waals surface area (Å²) in [5.74, 6) is -1.70. The maximum Gasteiger partial charge on any atom is 0.362 e. The lowest BCUT2D eigenvalue weighted by molar-refractivity contribution is -0.887. The molecule has 8 heteroatoms. The quantitative estimate of drug-likeness (QED) is 0.0274. The fourth-order valence-electron chi connectivity index (χ4n) is 4.36. The van der Waals surface area contributed by atoms with Gasteiger partial charge in [0.1, 0.15) is 6.61 Å². The number of carboxylic acids is 1. The molecule has 0 spiro atoms. The topological polar surface area (TPSA) is 99.1 Å². The monoisotopic (exact) mass is 694 g/mol. The first kappa shape index (κ1) is 46.0. The second kappa shape index (κ2) is 32.2. The van der Waals surface area contributed by atoms with E-state index in [1.165, 1.54) is 0 Å². The predicted molar refractivity (Wildman–Crippen MR) is 206 cm³/mol. The van der Waals surface area contributed by atoms with E-state index in [9.17, 15) is 19.5 Å². The fourth-order valence-corrected chi connectivity index (χ4v) is 4.36. The molecule has 0 aromatic carbocycles. The number of esters is 2. The predicted octanol–water partition coefficient (Wildman–Crippen LogP) is 8.95. The molecule has 8 nitrogen and oxygen atoms in total. The van der Waals surface area contributed by atoms with Crippen molar-refractivity contribution in [1.29, 1.82) is 0 Å². The summed E-state index contributed by atoms with van der Waals surface area (Å²) < 4.78 is 17.0. The zero-order chi connectivity index (χ0) is 37.1. The Morgan fingerprint density at radius 3 is 1.78 bits per heavy atom. The number of aliphatic carboxylic acids is 1. The Hall–Kier alpha value is -4.01. The molecule has 0 heterocycles. The molecular formula is C42H64NO7+. The first-order chi connectivity index (χ1) is 24.1. The maximum atomic E-state index is 12.5. The first-order valence-electron chi connectivity index (χ1n) is 18.0. The zero-order valence-electron chi connectivity index (χ0n) is 31.3. The summed E-state index contributed by atoms with van der Waals surface area (Å²) in [6.45, 7) is 4.25. The Morgan fingerprint density at radius 1 is 0.640 bits per heavy atom. The number of quaternary nitrogens is 1. The highest BCUT2D eigenvalue weighted by atomic mass is 16.6. The molecule has 278 valence electrons. The van der Waals surface area contributed by atoms with Crippen LogP contribution in [0.5, 0.6) is 0 Å². The standard InChI is InChI=1S/C42H63NO7/c1-6-8-10-12-14-16-17-18-19-20-21-22-23-25-26-28-30-32-40(44)49-37-38(36-48-35-34-39(42(46)47)43(3,4)5)50-41(45)33-31-29-27-24-15-13-11-9-7-2/h8-12,14-24,29,31,38-39H,6-7,13,25-28,30,32-37H2,1-5H3/p+1/b10-8+,11-9+,14-12+,17-16+,19-18+,21-20+,23-22+,24-15+,31-29+. The normalized spacial score (nSPS) is 14.3. The molecule has 0 aliphatic carbocycles. The second-order valence-electron chi connectivity index (χ2n) is 12.5. The summed E-state index contributed by atoms with van der Waals surface area (Å²) in [4.78, 5) is 36.6. The van der Waals surface area contributed by atoms with Gasteiger partial charge in [0.2, 0.25) is 0 Å². The van der Waals surface area contributed by atoms with Crippen molar-refractivity contribution in [3.05, 3.63) is 109 Å². The Kier molecular flexibility index (Phi) is 29.6. The van der Waals surface area contributed by atoms with E-state index in [0.717, 1.165) is 38.5 Å². The van der Waals surface area contributed by atoms with Gasteiger partial charge in [-0.05, 0) is 44.9 Å².